The standard InChI is InChI=1S/C31H36ClN9O3/c1-17(42)15-41-13-10-25-23(16-41)36-29(40(25)4)30(43)37-20-7-5-6-19(18(20)2)27-26(32)21(8-12-34-27)38-31(44)28-35-22-14-33-11-9-24(22)39(28)3/h5-8,12,17,33,42H,9-11,13-16H2,1-4H3,(H,37,43)(H,34,38,44)/t17-/m0/s1. The minimum Gasteiger partial charge on any atom is -0.392 e. The van der Waals surface area contributed by atoms with Gasteiger partial charge in [0, 0.05) is 88.5 Å². The van der Waals surface area contributed by atoms with E-state index in [0.29, 0.717) is 48.4 Å². The minimum absolute atomic E-state index is 0.284. The van der Waals surface area contributed by atoms with Gasteiger partial charge in [0.15, 0.2) is 11.6 Å². The molecule has 1 atom stereocenters. The van der Waals surface area contributed by atoms with Crippen molar-refractivity contribution in [3.63, 3.8) is 0 Å². The number of hydrogen-bond donors (Lipinski definition) is 4. The zero-order chi connectivity index (χ0) is 31.1. The molecule has 2 aliphatic heterocycles. The molecule has 0 unspecified atom stereocenters. The normalized spacial score (nSPS) is 15.4. The largest absolute Gasteiger partial charge is 0.392 e. The number of carbonyl (C=O) groups excluding carboxylic acids is 2. The first-order valence-electron chi connectivity index (χ1n) is 14.7. The molecule has 0 saturated carbocycles. The first kappa shape index (κ1) is 29.9. The number of carbonyl (C=O) groups is 2. The topological polar surface area (TPSA) is 142 Å². The van der Waals surface area contributed by atoms with Crippen molar-refractivity contribution in [3.05, 3.63) is 75.5 Å². The molecule has 0 aliphatic carbocycles. The number of hydrogen-bond acceptors (Lipinski definition) is 8. The summed E-state index contributed by atoms with van der Waals surface area (Å²) in [5, 5.41) is 19.3. The van der Waals surface area contributed by atoms with Crippen LogP contribution in [0.4, 0.5) is 11.4 Å². The number of halogens is 1. The van der Waals surface area contributed by atoms with E-state index in [2.05, 4.69) is 35.8 Å². The number of amides is 2. The molecule has 6 rings (SSSR count). The number of pyridine rings is 1. The van der Waals surface area contributed by atoms with E-state index in [1.54, 1.807) is 19.2 Å². The number of aromatic nitrogens is 5. The molecular weight excluding hydrogens is 582 g/mol. The lowest BCUT2D eigenvalue weighted by Gasteiger charge is -2.27. The smallest absolute Gasteiger partial charge is 0.291 e. The zero-order valence-corrected chi connectivity index (χ0v) is 26.0. The van der Waals surface area contributed by atoms with Crippen LogP contribution in [-0.2, 0) is 40.0 Å². The molecule has 4 N–H and O–H groups in total. The Hall–Kier alpha value is -4.10. The number of imidazole rings is 2. The third kappa shape index (κ3) is 5.61. The lowest BCUT2D eigenvalue weighted by Crippen LogP contribution is -2.36. The maximum absolute atomic E-state index is 13.4. The molecule has 3 aromatic heterocycles. The van der Waals surface area contributed by atoms with Crippen molar-refractivity contribution >= 4 is 34.8 Å². The van der Waals surface area contributed by atoms with E-state index in [9.17, 15) is 14.7 Å². The molecule has 2 aliphatic rings. The summed E-state index contributed by atoms with van der Waals surface area (Å²) in [5.74, 6) is -0.0327. The van der Waals surface area contributed by atoms with E-state index in [1.807, 2.05) is 48.4 Å². The number of benzene rings is 1. The van der Waals surface area contributed by atoms with E-state index in [0.717, 1.165) is 59.8 Å². The summed E-state index contributed by atoms with van der Waals surface area (Å²) in [6.07, 6.45) is 2.73. The number of aliphatic hydroxyl groups is 1. The number of β-amino-alcohol motifs (C(OH)–C–C–N with tert-alkyl or cyclic N) is 1. The summed E-state index contributed by atoms with van der Waals surface area (Å²) in [5.41, 5.74) is 6.79. The first-order chi connectivity index (χ1) is 21.1. The molecule has 5 heterocycles. The molecule has 1 aromatic carbocycles. The molecule has 0 spiro atoms. The molecule has 0 radical (unpaired) electrons. The molecule has 230 valence electrons. The Morgan fingerprint density at radius 2 is 1.70 bits per heavy atom. The fourth-order valence-corrected chi connectivity index (χ4v) is 6.35. The van der Waals surface area contributed by atoms with Crippen LogP contribution < -0.4 is 16.0 Å². The van der Waals surface area contributed by atoms with Crippen molar-refractivity contribution in [2.75, 3.05) is 30.3 Å². The fraction of sp³-hybridized carbons (Fsp3) is 0.387. The van der Waals surface area contributed by atoms with Crippen LogP contribution in [0.3, 0.4) is 0 Å². The molecule has 0 saturated heterocycles. The fourth-order valence-electron chi connectivity index (χ4n) is 6.09. The SMILES string of the molecule is Cc1c(NC(=O)c2nc3c(n2C)CCN(C[C@H](C)O)C3)cccc1-c1nccc(NC(=O)c2nc3c(n2C)CCNC3)c1Cl. The van der Waals surface area contributed by atoms with Gasteiger partial charge in [-0.15, -0.1) is 0 Å². The van der Waals surface area contributed by atoms with Gasteiger partial charge in [-0.05, 0) is 31.5 Å². The van der Waals surface area contributed by atoms with Crippen LogP contribution in [0.25, 0.3) is 11.3 Å². The van der Waals surface area contributed by atoms with Crippen molar-refractivity contribution in [1.29, 1.82) is 0 Å². The van der Waals surface area contributed by atoms with Gasteiger partial charge in [0.05, 0.1) is 33.9 Å². The number of anilines is 2. The van der Waals surface area contributed by atoms with Crippen molar-refractivity contribution in [2.24, 2.45) is 14.1 Å². The van der Waals surface area contributed by atoms with Gasteiger partial charge in [-0.2, -0.15) is 0 Å². The highest BCUT2D eigenvalue weighted by atomic mass is 35.5. The summed E-state index contributed by atoms with van der Waals surface area (Å²) < 4.78 is 3.68. The van der Waals surface area contributed by atoms with Crippen molar-refractivity contribution in [3.8, 4) is 11.3 Å². The van der Waals surface area contributed by atoms with Crippen molar-refractivity contribution in [1.82, 2.24) is 34.3 Å². The van der Waals surface area contributed by atoms with Crippen LogP contribution in [0, 0.1) is 6.92 Å². The second-order valence-electron chi connectivity index (χ2n) is 11.4. The average Bonchev–Trinajstić information content (AvgIpc) is 3.51. The van der Waals surface area contributed by atoms with Gasteiger partial charge >= 0.3 is 0 Å². The van der Waals surface area contributed by atoms with Crippen LogP contribution in [0.2, 0.25) is 5.02 Å². The summed E-state index contributed by atoms with van der Waals surface area (Å²) in [6.45, 7) is 7.09. The Morgan fingerprint density at radius 3 is 2.41 bits per heavy atom. The van der Waals surface area contributed by atoms with E-state index in [4.69, 9.17) is 11.6 Å². The van der Waals surface area contributed by atoms with Gasteiger partial charge in [0.25, 0.3) is 11.8 Å². The summed E-state index contributed by atoms with van der Waals surface area (Å²) in [4.78, 5) is 42.5. The molecule has 0 bridgehead atoms. The molecule has 12 nitrogen and oxygen atoms in total. The lowest BCUT2D eigenvalue weighted by molar-refractivity contribution is 0.100. The van der Waals surface area contributed by atoms with E-state index < -0.39 is 6.10 Å². The number of aliphatic hydroxyl groups excluding tert-OH is 1. The highest BCUT2D eigenvalue weighted by molar-refractivity contribution is 6.36. The average molecular weight is 618 g/mol. The third-order valence-electron chi connectivity index (χ3n) is 8.37. The maximum atomic E-state index is 13.4. The van der Waals surface area contributed by atoms with Gasteiger partial charge in [-0.25, -0.2) is 9.97 Å². The highest BCUT2D eigenvalue weighted by Gasteiger charge is 2.27. The monoisotopic (exact) mass is 617 g/mol. The zero-order valence-electron chi connectivity index (χ0n) is 25.2. The lowest BCUT2D eigenvalue weighted by atomic mass is 10.0. The van der Waals surface area contributed by atoms with E-state index >= 15 is 0 Å². The molecule has 2 amide bonds. The van der Waals surface area contributed by atoms with Gasteiger partial charge in [-0.1, -0.05) is 23.7 Å². The van der Waals surface area contributed by atoms with E-state index in [-0.39, 0.29) is 16.8 Å². The summed E-state index contributed by atoms with van der Waals surface area (Å²) >= 11 is 6.83. The first-order valence-corrected chi connectivity index (χ1v) is 15.1. The predicted molar refractivity (Wildman–Crippen MR) is 168 cm³/mol. The Balaban J connectivity index is 1.22. The molecule has 13 heteroatoms. The summed E-state index contributed by atoms with van der Waals surface area (Å²) in [7, 11) is 3.70. The Kier molecular flexibility index (Phi) is 8.25. The Bertz CT molecular complexity index is 1760. The molecular formula is C31H36ClN9O3. The Labute approximate surface area is 260 Å². The molecule has 4 aromatic rings. The van der Waals surface area contributed by atoms with Crippen LogP contribution in [-0.4, -0.2) is 71.6 Å². The molecule has 44 heavy (non-hydrogen) atoms. The van der Waals surface area contributed by atoms with E-state index in [1.165, 1.54) is 0 Å². The van der Waals surface area contributed by atoms with Crippen LogP contribution in [0.15, 0.2) is 30.5 Å². The highest BCUT2D eigenvalue weighted by Crippen LogP contribution is 2.36. The Morgan fingerprint density at radius 1 is 1.02 bits per heavy atom. The van der Waals surface area contributed by atoms with Gasteiger partial charge in [0.1, 0.15) is 0 Å². The number of nitrogens with one attached hydrogen (secondary N) is 3. The molecule has 0 fully saturated rings. The second kappa shape index (κ2) is 12.1. The number of nitrogens with zero attached hydrogens (tertiary/aromatic N) is 6. The second-order valence-corrected chi connectivity index (χ2v) is 11.8. The number of fused-ring (bicyclic) bond motifs is 2. The van der Waals surface area contributed by atoms with Gasteiger partial charge < -0.3 is 30.2 Å². The van der Waals surface area contributed by atoms with Gasteiger partial charge in [0.2, 0.25) is 0 Å². The van der Waals surface area contributed by atoms with Crippen LogP contribution in [0.5, 0.6) is 0 Å². The predicted octanol–water partition coefficient (Wildman–Crippen LogP) is 3.07. The van der Waals surface area contributed by atoms with Crippen molar-refractivity contribution < 1.29 is 14.7 Å². The third-order valence-corrected chi connectivity index (χ3v) is 8.75. The minimum atomic E-state index is -0.429. The van der Waals surface area contributed by atoms with Crippen LogP contribution >= 0.6 is 11.6 Å². The quantitative estimate of drug-likeness (QED) is 0.248. The summed E-state index contributed by atoms with van der Waals surface area (Å²) in [6, 6.07) is 7.17. The van der Waals surface area contributed by atoms with Gasteiger partial charge in [-0.3, -0.25) is 19.5 Å². The van der Waals surface area contributed by atoms with Crippen molar-refractivity contribution in [2.45, 2.75) is 45.9 Å². The number of rotatable bonds is 7. The maximum Gasteiger partial charge on any atom is 0.291 e. The van der Waals surface area contributed by atoms with Crippen LogP contribution in [0.1, 0.15) is 56.5 Å².